The molecule has 1 aliphatic rings. The summed E-state index contributed by atoms with van der Waals surface area (Å²) >= 11 is 1.35. The topological polar surface area (TPSA) is 75.1 Å². The highest BCUT2D eigenvalue weighted by Gasteiger charge is 2.29. The Morgan fingerprint density at radius 2 is 2.04 bits per heavy atom. The van der Waals surface area contributed by atoms with Gasteiger partial charge in [-0.15, -0.1) is 11.3 Å². The predicted octanol–water partition coefficient (Wildman–Crippen LogP) is 2.49. The summed E-state index contributed by atoms with van der Waals surface area (Å²) in [6, 6.07) is 4.86. The number of carbonyl (C=O) groups is 1. The van der Waals surface area contributed by atoms with Crippen molar-refractivity contribution in [2.75, 3.05) is 24.5 Å². The molecule has 9 heteroatoms. The lowest BCUT2D eigenvalue weighted by molar-refractivity contribution is 0.0721. The molecule has 1 atom stereocenters. The summed E-state index contributed by atoms with van der Waals surface area (Å²) in [6.45, 7) is 3.75. The Morgan fingerprint density at radius 3 is 2.74 bits per heavy atom. The Bertz CT molecular complexity index is 933. The van der Waals surface area contributed by atoms with Crippen molar-refractivity contribution in [3.8, 4) is 10.8 Å². The van der Waals surface area contributed by atoms with Crippen LogP contribution < -0.4 is 4.90 Å². The molecule has 3 aromatic heterocycles. The first-order valence-electron chi connectivity index (χ1n) is 8.52. The zero-order chi connectivity index (χ0) is 18.8. The minimum atomic E-state index is -0.359. The largest absolute Gasteiger partial charge is 0.350 e. The summed E-state index contributed by atoms with van der Waals surface area (Å²) in [4.78, 5) is 33.6. The number of aromatic nitrogens is 4. The molecule has 0 spiro atoms. The van der Waals surface area contributed by atoms with Crippen LogP contribution >= 0.6 is 11.3 Å². The Kier molecular flexibility index (Phi) is 4.76. The lowest BCUT2D eigenvalue weighted by Gasteiger charge is -2.40. The summed E-state index contributed by atoms with van der Waals surface area (Å²) in [5, 5.41) is 2.37. The number of hydrogen-bond donors (Lipinski definition) is 0. The fourth-order valence-electron chi connectivity index (χ4n) is 3.07. The smallest absolute Gasteiger partial charge is 0.273 e. The van der Waals surface area contributed by atoms with E-state index in [1.807, 2.05) is 6.92 Å². The average Bonchev–Trinajstić information content (AvgIpc) is 3.19. The summed E-state index contributed by atoms with van der Waals surface area (Å²) in [7, 11) is 0. The molecule has 7 nitrogen and oxygen atoms in total. The van der Waals surface area contributed by atoms with Crippen LogP contribution in [0, 0.1) is 5.82 Å². The van der Waals surface area contributed by atoms with Gasteiger partial charge in [0.2, 0.25) is 0 Å². The van der Waals surface area contributed by atoms with Crippen LogP contribution in [0.4, 0.5) is 10.2 Å². The molecule has 0 aliphatic carbocycles. The average molecular weight is 384 g/mol. The van der Waals surface area contributed by atoms with Gasteiger partial charge in [-0.2, -0.15) is 0 Å². The van der Waals surface area contributed by atoms with E-state index in [9.17, 15) is 9.18 Å². The van der Waals surface area contributed by atoms with Gasteiger partial charge in [-0.25, -0.2) is 24.3 Å². The van der Waals surface area contributed by atoms with Gasteiger partial charge in [-0.1, -0.05) is 0 Å². The van der Waals surface area contributed by atoms with Crippen LogP contribution in [0.2, 0.25) is 0 Å². The number of anilines is 1. The van der Waals surface area contributed by atoms with Crippen LogP contribution in [0.1, 0.15) is 17.4 Å². The van der Waals surface area contributed by atoms with E-state index < -0.39 is 0 Å². The van der Waals surface area contributed by atoms with Crippen LogP contribution in [0.3, 0.4) is 0 Å². The summed E-state index contributed by atoms with van der Waals surface area (Å²) < 4.78 is 13.1. The van der Waals surface area contributed by atoms with Crippen molar-refractivity contribution < 1.29 is 9.18 Å². The van der Waals surface area contributed by atoms with Crippen molar-refractivity contribution >= 4 is 23.1 Å². The first-order chi connectivity index (χ1) is 13.1. The fraction of sp³-hybridized carbons (Fsp3) is 0.278. The monoisotopic (exact) mass is 384 g/mol. The Balaban J connectivity index is 1.45. The van der Waals surface area contributed by atoms with E-state index in [1.165, 1.54) is 23.6 Å². The predicted molar refractivity (Wildman–Crippen MR) is 100 cm³/mol. The van der Waals surface area contributed by atoms with Crippen molar-refractivity contribution in [2.45, 2.75) is 13.0 Å². The van der Waals surface area contributed by atoms with Gasteiger partial charge in [-0.3, -0.25) is 4.79 Å². The molecule has 1 fully saturated rings. The summed E-state index contributed by atoms with van der Waals surface area (Å²) in [5.74, 6) is 0.768. The van der Waals surface area contributed by atoms with Crippen LogP contribution in [0.15, 0.2) is 42.2 Å². The Morgan fingerprint density at radius 1 is 1.22 bits per heavy atom. The maximum absolute atomic E-state index is 13.1. The van der Waals surface area contributed by atoms with Crippen LogP contribution in [0.25, 0.3) is 10.8 Å². The van der Waals surface area contributed by atoms with Crippen LogP contribution in [0.5, 0.6) is 0 Å². The number of halogens is 1. The molecule has 1 amide bonds. The second kappa shape index (κ2) is 7.36. The lowest BCUT2D eigenvalue weighted by atomic mass is 10.1. The minimum absolute atomic E-state index is 0.0659. The van der Waals surface area contributed by atoms with Gasteiger partial charge in [0.05, 0.1) is 6.20 Å². The molecule has 0 radical (unpaired) electrons. The number of pyridine rings is 1. The second-order valence-corrected chi connectivity index (χ2v) is 7.10. The zero-order valence-electron chi connectivity index (χ0n) is 14.6. The molecule has 27 heavy (non-hydrogen) atoms. The third-order valence-electron chi connectivity index (χ3n) is 4.40. The lowest BCUT2D eigenvalue weighted by Crippen LogP contribution is -2.54. The summed E-state index contributed by atoms with van der Waals surface area (Å²) in [5.41, 5.74) is 0.406. The molecule has 3 aromatic rings. The van der Waals surface area contributed by atoms with E-state index in [-0.39, 0.29) is 17.8 Å². The SMILES string of the molecule is CC1CN(C(=O)c2csc(-c3ncccn3)n2)CCN1c1ccc(F)cn1. The first-order valence-corrected chi connectivity index (χ1v) is 9.40. The van der Waals surface area contributed by atoms with E-state index in [0.717, 1.165) is 0 Å². The quantitative estimate of drug-likeness (QED) is 0.691. The number of piperazine rings is 1. The van der Waals surface area contributed by atoms with Gasteiger partial charge < -0.3 is 9.80 Å². The van der Waals surface area contributed by atoms with Gasteiger partial charge in [0.15, 0.2) is 10.8 Å². The standard InChI is InChI=1S/C18H17FN6OS/c1-12-10-24(7-8-25(12)15-4-3-13(19)9-22-15)18(26)14-11-27-17(23-14)16-20-5-2-6-21-16/h2-6,9,11-12H,7-8,10H2,1H3. The van der Waals surface area contributed by atoms with E-state index >= 15 is 0 Å². The van der Waals surface area contributed by atoms with E-state index in [0.29, 0.717) is 42.0 Å². The van der Waals surface area contributed by atoms with Crippen molar-refractivity contribution in [3.63, 3.8) is 0 Å². The maximum Gasteiger partial charge on any atom is 0.273 e. The molecule has 0 N–H and O–H groups in total. The number of nitrogens with zero attached hydrogens (tertiary/aromatic N) is 6. The van der Waals surface area contributed by atoms with Gasteiger partial charge in [0.25, 0.3) is 5.91 Å². The first kappa shape index (κ1) is 17.5. The highest BCUT2D eigenvalue weighted by molar-refractivity contribution is 7.13. The van der Waals surface area contributed by atoms with E-state index in [1.54, 1.807) is 34.8 Å². The normalized spacial score (nSPS) is 17.2. The van der Waals surface area contributed by atoms with E-state index in [4.69, 9.17) is 0 Å². The van der Waals surface area contributed by atoms with Gasteiger partial charge in [0, 0.05) is 43.4 Å². The van der Waals surface area contributed by atoms with Crippen molar-refractivity contribution in [3.05, 3.63) is 53.7 Å². The van der Waals surface area contributed by atoms with Crippen LogP contribution in [-0.2, 0) is 0 Å². The molecule has 4 rings (SSSR count). The Hall–Kier alpha value is -2.94. The third kappa shape index (κ3) is 3.63. The van der Waals surface area contributed by atoms with Crippen LogP contribution in [-0.4, -0.2) is 56.4 Å². The molecular weight excluding hydrogens is 367 g/mol. The van der Waals surface area contributed by atoms with Gasteiger partial charge in [0.1, 0.15) is 17.3 Å². The second-order valence-electron chi connectivity index (χ2n) is 6.24. The maximum atomic E-state index is 13.1. The van der Waals surface area contributed by atoms with Gasteiger partial charge in [-0.05, 0) is 25.1 Å². The number of hydrogen-bond acceptors (Lipinski definition) is 7. The highest BCUT2D eigenvalue weighted by Crippen LogP contribution is 2.23. The van der Waals surface area contributed by atoms with Gasteiger partial charge >= 0.3 is 0 Å². The number of carbonyl (C=O) groups excluding carboxylic acids is 1. The number of thiazole rings is 1. The molecule has 1 unspecified atom stereocenters. The molecule has 138 valence electrons. The highest BCUT2D eigenvalue weighted by atomic mass is 32.1. The minimum Gasteiger partial charge on any atom is -0.350 e. The summed E-state index contributed by atoms with van der Waals surface area (Å²) in [6.07, 6.45) is 4.51. The number of amides is 1. The third-order valence-corrected chi connectivity index (χ3v) is 5.24. The van der Waals surface area contributed by atoms with E-state index in [2.05, 4.69) is 24.8 Å². The molecular formula is C18H17FN6OS. The molecule has 0 aromatic carbocycles. The Labute approximate surface area is 159 Å². The molecule has 4 heterocycles. The van der Waals surface area contributed by atoms with Crippen molar-refractivity contribution in [1.82, 2.24) is 24.8 Å². The molecule has 0 saturated carbocycles. The van der Waals surface area contributed by atoms with Crippen molar-refractivity contribution in [1.29, 1.82) is 0 Å². The fourth-order valence-corrected chi connectivity index (χ4v) is 3.81. The van der Waals surface area contributed by atoms with Crippen molar-refractivity contribution in [2.24, 2.45) is 0 Å². The molecule has 1 saturated heterocycles. The number of rotatable bonds is 3. The molecule has 0 bridgehead atoms. The zero-order valence-corrected chi connectivity index (χ0v) is 15.4. The molecule has 1 aliphatic heterocycles.